The lowest BCUT2D eigenvalue weighted by Gasteiger charge is -2.25. The molecule has 1 aromatic carbocycles. The van der Waals surface area contributed by atoms with Gasteiger partial charge in [-0.3, -0.25) is 4.79 Å². The Morgan fingerprint density at radius 2 is 2.19 bits per heavy atom. The minimum absolute atomic E-state index is 0.00503. The smallest absolute Gasteiger partial charge is 0.233 e. The second-order valence-electron chi connectivity index (χ2n) is 5.26. The molecule has 5 nitrogen and oxygen atoms in total. The zero-order valence-corrected chi connectivity index (χ0v) is 12.6. The number of fused-ring (bicyclic) bond motifs is 1. The third kappa shape index (κ3) is 2.54. The fourth-order valence-corrected chi connectivity index (χ4v) is 3.98. The summed E-state index contributed by atoms with van der Waals surface area (Å²) in [6.07, 6.45) is 1.14. The number of thioether (sulfide) groups is 1. The fraction of sp³-hybridized carbons (Fsp3) is 0.400. The van der Waals surface area contributed by atoms with E-state index in [1.807, 2.05) is 31.4 Å². The molecule has 2 heterocycles. The molecule has 6 heteroatoms. The molecule has 3 rings (SSSR count). The van der Waals surface area contributed by atoms with E-state index in [4.69, 9.17) is 5.11 Å². The van der Waals surface area contributed by atoms with E-state index in [1.165, 1.54) is 0 Å². The highest BCUT2D eigenvalue weighted by molar-refractivity contribution is 8.00. The maximum absolute atomic E-state index is 12.1. The van der Waals surface area contributed by atoms with E-state index in [0.29, 0.717) is 5.75 Å². The topological polar surface area (TPSA) is 65.7 Å². The lowest BCUT2D eigenvalue weighted by molar-refractivity contribution is -0.129. The highest BCUT2D eigenvalue weighted by Gasteiger charge is 2.35. The van der Waals surface area contributed by atoms with Gasteiger partial charge in [-0.1, -0.05) is 18.2 Å². The van der Waals surface area contributed by atoms with Gasteiger partial charge in [-0.05, 0) is 6.07 Å². The second-order valence-corrected chi connectivity index (χ2v) is 6.33. The van der Waals surface area contributed by atoms with Gasteiger partial charge in [-0.15, -0.1) is 11.8 Å². The van der Waals surface area contributed by atoms with Crippen molar-refractivity contribution >= 4 is 28.6 Å². The maximum Gasteiger partial charge on any atom is 0.233 e. The lowest BCUT2D eigenvalue weighted by atomic mass is 10.1. The van der Waals surface area contributed by atoms with Crippen molar-refractivity contribution in [1.82, 2.24) is 9.47 Å². The minimum Gasteiger partial charge on any atom is -0.394 e. The highest BCUT2D eigenvalue weighted by atomic mass is 32.2. The van der Waals surface area contributed by atoms with Crippen LogP contribution in [0.4, 0.5) is 0 Å². The predicted octanol–water partition coefficient (Wildman–Crippen LogP) is 1.11. The number of carbonyl (C=O) groups excluding carboxylic acids is 1. The van der Waals surface area contributed by atoms with Gasteiger partial charge in [-0.25, -0.2) is 0 Å². The molecule has 112 valence electrons. The Kier molecular flexibility index (Phi) is 3.93. The molecule has 0 radical (unpaired) electrons. The number of amides is 1. The summed E-state index contributed by atoms with van der Waals surface area (Å²) in [5, 5.41) is 19.7. The number of para-hydroxylation sites is 1. The minimum atomic E-state index is -0.898. The number of aliphatic hydroxyl groups excluding tert-OH is 2. The van der Waals surface area contributed by atoms with Gasteiger partial charge in [0.15, 0.2) is 0 Å². The Bertz CT molecular complexity index is 670. The first kappa shape index (κ1) is 14.4. The average Bonchev–Trinajstić information content (AvgIpc) is 3.01. The van der Waals surface area contributed by atoms with E-state index in [0.717, 1.165) is 16.5 Å². The van der Waals surface area contributed by atoms with Crippen molar-refractivity contribution in [3.63, 3.8) is 0 Å². The van der Waals surface area contributed by atoms with Gasteiger partial charge in [-0.2, -0.15) is 0 Å². The highest BCUT2D eigenvalue weighted by Crippen LogP contribution is 2.41. The first-order valence-electron chi connectivity index (χ1n) is 6.85. The van der Waals surface area contributed by atoms with Crippen LogP contribution in [0.25, 0.3) is 10.9 Å². The van der Waals surface area contributed by atoms with Gasteiger partial charge in [0.05, 0.1) is 25.0 Å². The third-order valence-electron chi connectivity index (χ3n) is 3.78. The monoisotopic (exact) mass is 306 g/mol. The molecule has 1 unspecified atom stereocenters. The van der Waals surface area contributed by atoms with Crippen molar-refractivity contribution in [2.45, 2.75) is 11.5 Å². The van der Waals surface area contributed by atoms with E-state index < -0.39 is 6.10 Å². The number of aliphatic hydroxyl groups is 2. The summed E-state index contributed by atoms with van der Waals surface area (Å²) in [6.45, 7) is -0.174. The molecule has 1 aromatic heterocycles. The molecular weight excluding hydrogens is 288 g/mol. The molecule has 2 N–H and O–H groups in total. The van der Waals surface area contributed by atoms with E-state index in [9.17, 15) is 9.90 Å². The zero-order valence-electron chi connectivity index (χ0n) is 11.8. The molecule has 1 aliphatic rings. The van der Waals surface area contributed by atoms with Crippen molar-refractivity contribution in [2.75, 3.05) is 18.9 Å². The number of nitrogens with zero attached hydrogens (tertiary/aromatic N) is 2. The average molecular weight is 306 g/mol. The Hall–Kier alpha value is -1.50. The van der Waals surface area contributed by atoms with E-state index >= 15 is 0 Å². The van der Waals surface area contributed by atoms with Gasteiger partial charge in [0.2, 0.25) is 5.91 Å². The van der Waals surface area contributed by atoms with Crippen LogP contribution in [-0.2, 0) is 11.8 Å². The largest absolute Gasteiger partial charge is 0.394 e. The number of rotatable bonds is 4. The number of hydrogen-bond donors (Lipinski definition) is 2. The van der Waals surface area contributed by atoms with Crippen molar-refractivity contribution in [1.29, 1.82) is 0 Å². The van der Waals surface area contributed by atoms with Crippen molar-refractivity contribution in [3.05, 3.63) is 36.0 Å². The Labute approximate surface area is 127 Å². The van der Waals surface area contributed by atoms with Gasteiger partial charge < -0.3 is 19.7 Å². The standard InChI is InChI=1S/C15H18N2O3S/c1-16-7-12(11-4-2-3-5-13(11)16)15-17(6-10(19)8-18)14(20)9-21-15/h2-5,7,10,15,18-19H,6,8-9H2,1H3/t10-,15?/m0/s1. The van der Waals surface area contributed by atoms with E-state index in [1.54, 1.807) is 16.7 Å². The van der Waals surface area contributed by atoms with Gasteiger partial charge in [0.1, 0.15) is 5.37 Å². The van der Waals surface area contributed by atoms with Crippen LogP contribution >= 0.6 is 11.8 Å². The molecule has 1 saturated heterocycles. The number of benzene rings is 1. The Balaban J connectivity index is 1.99. The van der Waals surface area contributed by atoms with Crippen LogP contribution < -0.4 is 0 Å². The number of aromatic nitrogens is 1. The number of hydrogen-bond acceptors (Lipinski definition) is 4. The van der Waals surface area contributed by atoms with Crippen LogP contribution in [0.1, 0.15) is 10.9 Å². The van der Waals surface area contributed by atoms with E-state index in [2.05, 4.69) is 10.6 Å². The molecular formula is C15H18N2O3S. The molecule has 2 aromatic rings. The summed E-state index contributed by atoms with van der Waals surface area (Å²) in [7, 11) is 1.99. The van der Waals surface area contributed by atoms with Crippen molar-refractivity contribution < 1.29 is 15.0 Å². The second kappa shape index (κ2) is 5.71. The van der Waals surface area contributed by atoms with Gasteiger partial charge in [0.25, 0.3) is 0 Å². The molecule has 0 saturated carbocycles. The van der Waals surface area contributed by atoms with Gasteiger partial charge in [0, 0.05) is 29.7 Å². The summed E-state index contributed by atoms with van der Waals surface area (Å²) < 4.78 is 2.05. The van der Waals surface area contributed by atoms with Crippen molar-refractivity contribution in [2.24, 2.45) is 7.05 Å². The molecule has 2 atom stereocenters. The Morgan fingerprint density at radius 1 is 1.43 bits per heavy atom. The third-order valence-corrected chi connectivity index (χ3v) is 5.02. The molecule has 1 amide bonds. The summed E-state index contributed by atoms with van der Waals surface area (Å²) >= 11 is 1.56. The van der Waals surface area contributed by atoms with Crippen LogP contribution in [0.15, 0.2) is 30.5 Å². The van der Waals surface area contributed by atoms with Crippen LogP contribution in [-0.4, -0.2) is 50.6 Å². The summed E-state index contributed by atoms with van der Waals surface area (Å²) in [5.41, 5.74) is 2.20. The van der Waals surface area contributed by atoms with Crippen LogP contribution in [0, 0.1) is 0 Å². The Morgan fingerprint density at radius 3 is 2.95 bits per heavy atom. The normalized spacial score (nSPS) is 20.4. The molecule has 0 spiro atoms. The number of β-amino-alcohol motifs (C(OH)–C–C–N with tert-alkyl or cyclic N) is 1. The SMILES string of the molecule is Cn1cc(C2SCC(=O)N2C[C@H](O)CO)c2ccccc21. The molecule has 21 heavy (non-hydrogen) atoms. The molecule has 1 aliphatic heterocycles. The van der Waals surface area contributed by atoms with Crippen molar-refractivity contribution in [3.8, 4) is 0 Å². The number of aryl methyl sites for hydroxylation is 1. The summed E-state index contributed by atoms with van der Waals surface area (Å²) in [6, 6.07) is 8.08. The first-order valence-corrected chi connectivity index (χ1v) is 7.90. The maximum atomic E-state index is 12.1. The molecule has 0 aliphatic carbocycles. The van der Waals surface area contributed by atoms with Crippen LogP contribution in [0.3, 0.4) is 0 Å². The summed E-state index contributed by atoms with van der Waals surface area (Å²) in [4.78, 5) is 13.7. The quantitative estimate of drug-likeness (QED) is 0.888. The van der Waals surface area contributed by atoms with Crippen LogP contribution in [0.2, 0.25) is 0 Å². The zero-order chi connectivity index (χ0) is 15.0. The number of carbonyl (C=O) groups is 1. The van der Waals surface area contributed by atoms with Crippen LogP contribution in [0.5, 0.6) is 0 Å². The molecule has 1 fully saturated rings. The van der Waals surface area contributed by atoms with E-state index in [-0.39, 0.29) is 24.4 Å². The van der Waals surface area contributed by atoms with Gasteiger partial charge >= 0.3 is 0 Å². The summed E-state index contributed by atoms with van der Waals surface area (Å²) in [5.74, 6) is 0.414. The lowest BCUT2D eigenvalue weighted by Crippen LogP contribution is -2.37. The first-order chi connectivity index (χ1) is 10.1. The molecule has 0 bridgehead atoms. The predicted molar refractivity (Wildman–Crippen MR) is 82.9 cm³/mol. The fourth-order valence-electron chi connectivity index (χ4n) is 2.76.